The molecule has 0 aromatic heterocycles. The number of anilines is 1. The zero-order chi connectivity index (χ0) is 19.1. The van der Waals surface area contributed by atoms with Crippen LogP contribution in [0.5, 0.6) is 0 Å². The number of rotatable bonds is 1. The number of alkyl halides is 3. The van der Waals surface area contributed by atoms with Gasteiger partial charge in [-0.05, 0) is 60.4 Å². The number of hydrogen-bond donors (Lipinski definition) is 2. The molecule has 1 spiro atoms. The minimum Gasteiger partial charge on any atom is -0.369 e. The molecule has 138 valence electrons. The van der Waals surface area contributed by atoms with Crippen LogP contribution in [0.1, 0.15) is 43.2 Å². The lowest BCUT2D eigenvalue weighted by molar-refractivity contribution is -0.137. The summed E-state index contributed by atoms with van der Waals surface area (Å²) in [6, 6.07) is 3.70. The van der Waals surface area contributed by atoms with E-state index in [4.69, 9.17) is 11.5 Å². The van der Waals surface area contributed by atoms with E-state index >= 15 is 0 Å². The van der Waals surface area contributed by atoms with Crippen molar-refractivity contribution in [3.63, 3.8) is 0 Å². The Bertz CT molecular complexity index is 834. The van der Waals surface area contributed by atoms with Crippen LogP contribution >= 0.6 is 22.6 Å². The van der Waals surface area contributed by atoms with E-state index in [0.29, 0.717) is 18.5 Å². The summed E-state index contributed by atoms with van der Waals surface area (Å²) >= 11 is 1.79. The quantitative estimate of drug-likeness (QED) is 0.608. The van der Waals surface area contributed by atoms with Gasteiger partial charge >= 0.3 is 6.18 Å². The third-order valence-electron chi connectivity index (χ3n) is 4.59. The van der Waals surface area contributed by atoms with E-state index in [1.165, 1.54) is 0 Å². The van der Waals surface area contributed by atoms with Crippen molar-refractivity contribution in [2.45, 2.75) is 43.9 Å². The molecule has 1 saturated carbocycles. The van der Waals surface area contributed by atoms with Crippen LogP contribution in [0.4, 0.5) is 18.9 Å². The molecule has 1 aromatic rings. The van der Waals surface area contributed by atoms with Gasteiger partial charge in [0.25, 0.3) is 0 Å². The zero-order valence-corrected chi connectivity index (χ0v) is 15.8. The van der Waals surface area contributed by atoms with E-state index in [1.807, 2.05) is 6.07 Å². The summed E-state index contributed by atoms with van der Waals surface area (Å²) < 4.78 is 39.6. The molecule has 0 amide bonds. The van der Waals surface area contributed by atoms with Crippen molar-refractivity contribution in [3.8, 4) is 6.07 Å². The maximum Gasteiger partial charge on any atom is 0.416 e. The van der Waals surface area contributed by atoms with E-state index in [9.17, 15) is 18.4 Å². The zero-order valence-electron chi connectivity index (χ0n) is 13.6. The van der Waals surface area contributed by atoms with Crippen LogP contribution in [-0.4, -0.2) is 17.6 Å². The highest BCUT2D eigenvalue weighted by atomic mass is 127. The summed E-state index contributed by atoms with van der Waals surface area (Å²) in [6.07, 6.45) is -0.509. The molecule has 0 radical (unpaired) electrons. The van der Waals surface area contributed by atoms with Gasteiger partial charge in [-0.15, -0.1) is 0 Å². The first kappa shape index (κ1) is 18.8. The molecule has 0 saturated heterocycles. The fourth-order valence-electron chi connectivity index (χ4n) is 3.52. The number of hydrogen-bond acceptors (Lipinski definition) is 6. The summed E-state index contributed by atoms with van der Waals surface area (Å²) in [4.78, 5) is 10.1. The Morgan fingerprint density at radius 2 is 1.85 bits per heavy atom. The van der Waals surface area contributed by atoms with Gasteiger partial charge in [0, 0.05) is 3.57 Å². The van der Waals surface area contributed by atoms with Crippen molar-refractivity contribution in [2.75, 3.05) is 4.90 Å². The lowest BCUT2D eigenvalue weighted by Gasteiger charge is -2.46. The molecule has 1 aliphatic carbocycles. The molecule has 10 heteroatoms. The Labute approximate surface area is 161 Å². The highest BCUT2D eigenvalue weighted by molar-refractivity contribution is 14.1. The van der Waals surface area contributed by atoms with E-state index in [2.05, 4.69) is 9.98 Å². The molecular weight excluding hydrogens is 460 g/mol. The van der Waals surface area contributed by atoms with Crippen LogP contribution in [0.3, 0.4) is 0 Å². The lowest BCUT2D eigenvalue weighted by Crippen LogP contribution is -2.58. The summed E-state index contributed by atoms with van der Waals surface area (Å²) in [5.74, 6) is 0.0784. The normalized spacial score (nSPS) is 19.7. The molecule has 1 fully saturated rings. The largest absolute Gasteiger partial charge is 0.416 e. The Hall–Kier alpha value is -2.03. The maximum absolute atomic E-state index is 13.1. The molecule has 0 bridgehead atoms. The van der Waals surface area contributed by atoms with Gasteiger partial charge in [0.1, 0.15) is 11.7 Å². The lowest BCUT2D eigenvalue weighted by atomic mass is 9.87. The fourth-order valence-corrected chi connectivity index (χ4v) is 4.39. The molecule has 0 atom stereocenters. The molecule has 3 rings (SSSR count). The third kappa shape index (κ3) is 3.20. The number of nitrogens with zero attached hydrogens (tertiary/aromatic N) is 4. The fraction of sp³-hybridized carbons (Fsp3) is 0.438. The van der Waals surface area contributed by atoms with Gasteiger partial charge in [-0.3, -0.25) is 4.90 Å². The Kier molecular flexibility index (Phi) is 4.76. The third-order valence-corrected chi connectivity index (χ3v) is 5.41. The van der Waals surface area contributed by atoms with E-state index in [-0.39, 0.29) is 21.1 Å². The molecule has 4 N–H and O–H groups in total. The van der Waals surface area contributed by atoms with Gasteiger partial charge in [0.15, 0.2) is 0 Å². The van der Waals surface area contributed by atoms with Crippen LogP contribution < -0.4 is 16.4 Å². The van der Waals surface area contributed by atoms with Gasteiger partial charge in [-0.2, -0.15) is 23.4 Å². The first-order valence-corrected chi connectivity index (χ1v) is 9.06. The van der Waals surface area contributed by atoms with Gasteiger partial charge < -0.3 is 11.5 Å². The molecule has 1 aliphatic heterocycles. The molecule has 1 heterocycles. The van der Waals surface area contributed by atoms with Crippen LogP contribution in [-0.2, 0) is 6.18 Å². The SMILES string of the molecule is N#Cc1cc(C(F)(F)F)cc(I)c1N1C(N)=NC(N)=NC12CCCCC2. The summed E-state index contributed by atoms with van der Waals surface area (Å²) in [5.41, 5.74) is 10.4. The standard InChI is InChI=1S/C16H16F3IN6/c17-16(18,19)10-6-9(8-21)12(11(20)7-10)26-14(23)24-13(22)25-15(26)4-2-1-3-5-15/h6-7H,1-5H2,(H4,22,23,24,25). The van der Waals surface area contributed by atoms with Crippen molar-refractivity contribution in [3.05, 3.63) is 26.8 Å². The Morgan fingerprint density at radius 3 is 2.42 bits per heavy atom. The average molecular weight is 476 g/mol. The van der Waals surface area contributed by atoms with Crippen molar-refractivity contribution in [1.29, 1.82) is 5.26 Å². The Morgan fingerprint density at radius 1 is 1.19 bits per heavy atom. The first-order chi connectivity index (χ1) is 12.2. The van der Waals surface area contributed by atoms with Crippen molar-refractivity contribution >= 4 is 40.2 Å². The summed E-state index contributed by atoms with van der Waals surface area (Å²) in [6.45, 7) is 0. The smallest absolute Gasteiger partial charge is 0.369 e. The average Bonchev–Trinajstić information content (AvgIpc) is 2.55. The number of guanidine groups is 2. The van der Waals surface area contributed by atoms with Gasteiger partial charge in [0.2, 0.25) is 11.9 Å². The minimum atomic E-state index is -4.54. The van der Waals surface area contributed by atoms with Crippen LogP contribution in [0.15, 0.2) is 22.1 Å². The highest BCUT2D eigenvalue weighted by Gasteiger charge is 2.44. The van der Waals surface area contributed by atoms with Crippen molar-refractivity contribution < 1.29 is 13.2 Å². The molecule has 1 aromatic carbocycles. The second-order valence-electron chi connectivity index (χ2n) is 6.28. The molecular formula is C16H16F3IN6. The number of nitriles is 1. The second kappa shape index (κ2) is 6.61. The van der Waals surface area contributed by atoms with Gasteiger partial charge in [-0.25, -0.2) is 4.99 Å². The number of halogens is 4. The molecule has 0 unspecified atom stereocenters. The van der Waals surface area contributed by atoms with E-state index in [0.717, 1.165) is 31.4 Å². The van der Waals surface area contributed by atoms with E-state index < -0.39 is 17.4 Å². The molecule has 26 heavy (non-hydrogen) atoms. The molecule has 6 nitrogen and oxygen atoms in total. The maximum atomic E-state index is 13.1. The number of nitrogens with two attached hydrogens (primary N) is 2. The number of aliphatic imine (C=N–C) groups is 2. The molecule has 2 aliphatic rings. The highest BCUT2D eigenvalue weighted by Crippen LogP contribution is 2.43. The second-order valence-corrected chi connectivity index (χ2v) is 7.44. The number of benzene rings is 1. The topological polar surface area (TPSA) is 104 Å². The predicted octanol–water partition coefficient (Wildman–Crippen LogP) is 3.29. The Balaban J connectivity index is 2.21. The monoisotopic (exact) mass is 476 g/mol. The minimum absolute atomic E-state index is 0.0357. The summed E-state index contributed by atoms with van der Waals surface area (Å²) in [5, 5.41) is 9.50. The van der Waals surface area contributed by atoms with Crippen molar-refractivity contribution in [1.82, 2.24) is 0 Å². The summed E-state index contributed by atoms with van der Waals surface area (Å²) in [7, 11) is 0. The van der Waals surface area contributed by atoms with Crippen LogP contribution in [0.2, 0.25) is 0 Å². The van der Waals surface area contributed by atoms with E-state index in [1.54, 1.807) is 27.5 Å². The van der Waals surface area contributed by atoms with Gasteiger partial charge in [-0.1, -0.05) is 6.42 Å². The van der Waals surface area contributed by atoms with Gasteiger partial charge in [0.05, 0.1) is 16.8 Å². The first-order valence-electron chi connectivity index (χ1n) is 7.98. The predicted molar refractivity (Wildman–Crippen MR) is 100 cm³/mol. The van der Waals surface area contributed by atoms with Crippen LogP contribution in [0.25, 0.3) is 0 Å². The van der Waals surface area contributed by atoms with Crippen molar-refractivity contribution in [2.24, 2.45) is 21.5 Å². The van der Waals surface area contributed by atoms with Crippen LogP contribution in [0, 0.1) is 14.9 Å².